The van der Waals surface area contributed by atoms with Crippen molar-refractivity contribution in [1.29, 1.82) is 0 Å². The van der Waals surface area contributed by atoms with Crippen LogP contribution in [0.2, 0.25) is 0 Å². The number of alkyl halides is 2. The van der Waals surface area contributed by atoms with E-state index < -0.39 is 11.4 Å². The summed E-state index contributed by atoms with van der Waals surface area (Å²) in [5, 5.41) is -0.930. The van der Waals surface area contributed by atoms with Gasteiger partial charge in [-0.05, 0) is 24.4 Å². The molecular formula is C5H7Cl2FO. The Kier molecular flexibility index (Phi) is 5.10. The third-order valence-electron chi connectivity index (χ3n) is 0.837. The number of hydrogen-bond donors (Lipinski definition) is 0. The van der Waals surface area contributed by atoms with Crippen LogP contribution in [0.1, 0.15) is 12.8 Å². The number of hydrogen-bond acceptors (Lipinski definition) is 1. The zero-order valence-corrected chi connectivity index (χ0v) is 6.25. The molecule has 0 amide bonds. The lowest BCUT2D eigenvalue weighted by molar-refractivity contribution is -0.116. The highest BCUT2D eigenvalue weighted by molar-refractivity contribution is 6.64. The van der Waals surface area contributed by atoms with Gasteiger partial charge in [0.05, 0.1) is 0 Å². The number of carbonyl (C=O) groups excluding carboxylic acids is 1. The third kappa shape index (κ3) is 4.67. The van der Waals surface area contributed by atoms with Gasteiger partial charge in [-0.2, -0.15) is 0 Å². The standard InChI is InChI=1S/C5H7Cl2FO/c6-3-1-2-4(8)5(7)9/h4H,1-3H2. The van der Waals surface area contributed by atoms with Gasteiger partial charge in [-0.15, -0.1) is 11.6 Å². The Morgan fingerprint density at radius 1 is 1.67 bits per heavy atom. The predicted molar refractivity (Wildman–Crippen MR) is 35.7 cm³/mol. The Hall–Kier alpha value is 0.180. The molecule has 0 heterocycles. The fourth-order valence-corrected chi connectivity index (χ4v) is 0.633. The quantitative estimate of drug-likeness (QED) is 0.470. The van der Waals surface area contributed by atoms with E-state index in [0.29, 0.717) is 12.3 Å². The van der Waals surface area contributed by atoms with Crippen LogP contribution in [0, 0.1) is 0 Å². The van der Waals surface area contributed by atoms with E-state index in [1.165, 1.54) is 0 Å². The maximum Gasteiger partial charge on any atom is 0.255 e. The van der Waals surface area contributed by atoms with Crippen LogP contribution in [0.3, 0.4) is 0 Å². The van der Waals surface area contributed by atoms with Gasteiger partial charge in [0, 0.05) is 5.88 Å². The predicted octanol–water partition coefficient (Wildman–Crippen LogP) is 2.11. The summed E-state index contributed by atoms with van der Waals surface area (Å²) in [5.41, 5.74) is 0. The highest BCUT2D eigenvalue weighted by atomic mass is 35.5. The molecular weight excluding hydrogens is 166 g/mol. The molecule has 0 saturated heterocycles. The van der Waals surface area contributed by atoms with Crippen LogP contribution in [0.25, 0.3) is 0 Å². The Balaban J connectivity index is 3.27. The first kappa shape index (κ1) is 9.18. The Morgan fingerprint density at radius 2 is 2.22 bits per heavy atom. The molecule has 0 spiro atoms. The lowest BCUT2D eigenvalue weighted by atomic mass is 10.2. The minimum absolute atomic E-state index is 0.131. The Bertz CT molecular complexity index is 97.0. The Labute approximate surface area is 63.1 Å². The van der Waals surface area contributed by atoms with Crippen molar-refractivity contribution in [3.8, 4) is 0 Å². The second-order valence-electron chi connectivity index (χ2n) is 1.60. The monoisotopic (exact) mass is 172 g/mol. The van der Waals surface area contributed by atoms with Crippen molar-refractivity contribution in [1.82, 2.24) is 0 Å². The van der Waals surface area contributed by atoms with E-state index in [9.17, 15) is 9.18 Å². The van der Waals surface area contributed by atoms with Crippen molar-refractivity contribution in [2.75, 3.05) is 5.88 Å². The maximum absolute atomic E-state index is 12.2. The molecule has 4 heteroatoms. The second kappa shape index (κ2) is 5.00. The van der Waals surface area contributed by atoms with Gasteiger partial charge in [-0.1, -0.05) is 0 Å². The van der Waals surface area contributed by atoms with E-state index in [4.69, 9.17) is 23.2 Å². The van der Waals surface area contributed by atoms with Gasteiger partial charge in [0.2, 0.25) is 0 Å². The van der Waals surface area contributed by atoms with Gasteiger partial charge >= 0.3 is 0 Å². The summed E-state index contributed by atoms with van der Waals surface area (Å²) < 4.78 is 12.2. The number of halogens is 3. The normalized spacial score (nSPS) is 13.2. The Morgan fingerprint density at radius 3 is 2.56 bits per heavy atom. The van der Waals surface area contributed by atoms with E-state index in [2.05, 4.69) is 0 Å². The number of rotatable bonds is 4. The molecule has 0 radical (unpaired) electrons. The molecule has 0 aromatic heterocycles. The molecule has 0 N–H and O–H groups in total. The van der Waals surface area contributed by atoms with Crippen molar-refractivity contribution in [2.24, 2.45) is 0 Å². The molecule has 0 aliphatic rings. The van der Waals surface area contributed by atoms with Crippen molar-refractivity contribution in [2.45, 2.75) is 19.0 Å². The van der Waals surface area contributed by atoms with Gasteiger partial charge in [0.1, 0.15) is 0 Å². The zero-order valence-electron chi connectivity index (χ0n) is 4.74. The van der Waals surface area contributed by atoms with Crippen LogP contribution in [0.15, 0.2) is 0 Å². The van der Waals surface area contributed by atoms with Crippen LogP contribution in [0.4, 0.5) is 4.39 Å². The highest BCUT2D eigenvalue weighted by Gasteiger charge is 2.12. The van der Waals surface area contributed by atoms with Crippen molar-refractivity contribution in [3.63, 3.8) is 0 Å². The average Bonchev–Trinajstić information content (AvgIpc) is 1.82. The molecule has 0 rings (SSSR count). The number of carbonyl (C=O) groups is 1. The molecule has 1 nitrogen and oxygen atoms in total. The minimum atomic E-state index is -1.54. The minimum Gasteiger partial charge on any atom is -0.278 e. The largest absolute Gasteiger partial charge is 0.278 e. The molecule has 1 atom stereocenters. The molecule has 0 aliphatic carbocycles. The molecule has 1 unspecified atom stereocenters. The van der Waals surface area contributed by atoms with Gasteiger partial charge in [-0.25, -0.2) is 4.39 Å². The summed E-state index contributed by atoms with van der Waals surface area (Å²) in [6.07, 6.45) is -0.919. The van der Waals surface area contributed by atoms with Crippen LogP contribution < -0.4 is 0 Å². The molecule has 0 saturated carbocycles. The van der Waals surface area contributed by atoms with E-state index in [1.807, 2.05) is 0 Å². The molecule has 0 fully saturated rings. The van der Waals surface area contributed by atoms with Crippen molar-refractivity contribution in [3.05, 3.63) is 0 Å². The second-order valence-corrected chi connectivity index (χ2v) is 2.35. The lowest BCUT2D eigenvalue weighted by Crippen LogP contribution is -2.08. The van der Waals surface area contributed by atoms with Crippen molar-refractivity contribution < 1.29 is 9.18 Å². The fourth-order valence-electron chi connectivity index (χ4n) is 0.370. The maximum atomic E-state index is 12.2. The van der Waals surface area contributed by atoms with Crippen LogP contribution in [-0.2, 0) is 4.79 Å². The molecule has 0 bridgehead atoms. The van der Waals surface area contributed by atoms with Crippen LogP contribution in [-0.4, -0.2) is 17.3 Å². The van der Waals surface area contributed by atoms with Gasteiger partial charge in [0.15, 0.2) is 6.17 Å². The zero-order chi connectivity index (χ0) is 7.28. The fraction of sp³-hybridized carbons (Fsp3) is 0.800. The van der Waals surface area contributed by atoms with Crippen molar-refractivity contribution >= 4 is 28.4 Å². The molecule has 54 valence electrons. The molecule has 9 heavy (non-hydrogen) atoms. The summed E-state index contributed by atoms with van der Waals surface area (Å²) in [6.45, 7) is 0. The average molecular weight is 173 g/mol. The van der Waals surface area contributed by atoms with Gasteiger partial charge in [0.25, 0.3) is 5.24 Å². The summed E-state index contributed by atoms with van der Waals surface area (Å²) in [6, 6.07) is 0. The van der Waals surface area contributed by atoms with Gasteiger partial charge in [-0.3, -0.25) is 4.79 Å². The molecule has 0 aliphatic heterocycles. The highest BCUT2D eigenvalue weighted by Crippen LogP contribution is 2.05. The van der Waals surface area contributed by atoms with E-state index in [-0.39, 0.29) is 6.42 Å². The first-order valence-electron chi connectivity index (χ1n) is 2.58. The summed E-state index contributed by atoms with van der Waals surface area (Å²) in [4.78, 5) is 10.00. The third-order valence-corrected chi connectivity index (χ3v) is 1.34. The van der Waals surface area contributed by atoms with Crippen LogP contribution >= 0.6 is 23.2 Å². The first-order valence-corrected chi connectivity index (χ1v) is 3.49. The van der Waals surface area contributed by atoms with Gasteiger partial charge < -0.3 is 0 Å². The molecule has 0 aromatic carbocycles. The lowest BCUT2D eigenvalue weighted by Gasteiger charge is -1.97. The van der Waals surface area contributed by atoms with E-state index in [0.717, 1.165) is 0 Å². The summed E-state index contributed by atoms with van der Waals surface area (Å²) in [5.74, 6) is 0.366. The SMILES string of the molecule is O=C(Cl)C(F)CCCCl. The summed E-state index contributed by atoms with van der Waals surface area (Å²) >= 11 is 10.0. The summed E-state index contributed by atoms with van der Waals surface area (Å²) in [7, 11) is 0. The molecule has 0 aromatic rings. The smallest absolute Gasteiger partial charge is 0.255 e. The van der Waals surface area contributed by atoms with E-state index >= 15 is 0 Å². The van der Waals surface area contributed by atoms with E-state index in [1.54, 1.807) is 0 Å². The van der Waals surface area contributed by atoms with Crippen LogP contribution in [0.5, 0.6) is 0 Å². The first-order chi connectivity index (χ1) is 4.18. The topological polar surface area (TPSA) is 17.1 Å².